The van der Waals surface area contributed by atoms with Crippen LogP contribution < -0.4 is 5.73 Å². The average Bonchev–Trinajstić information content (AvgIpc) is 2.71. The molecule has 1 aromatic carbocycles. The van der Waals surface area contributed by atoms with E-state index >= 15 is 0 Å². The maximum Gasteiger partial charge on any atom is 0.161 e. The Balaban J connectivity index is 2.60. The maximum atomic E-state index is 13.5. The van der Waals surface area contributed by atoms with E-state index in [0.717, 1.165) is 10.9 Å². The second kappa shape index (κ2) is 4.27. The van der Waals surface area contributed by atoms with E-state index in [1.165, 1.54) is 11.3 Å². The van der Waals surface area contributed by atoms with Gasteiger partial charge in [0.25, 0.3) is 0 Å². The summed E-state index contributed by atoms with van der Waals surface area (Å²) in [5.74, 6) is -3.04. The molecule has 0 radical (unpaired) electrons. The number of benzene rings is 1. The monoisotopic (exact) mass is 243 g/mol. The molecule has 0 aliphatic heterocycles. The molecule has 0 aliphatic rings. The van der Waals surface area contributed by atoms with E-state index in [2.05, 4.69) is 0 Å². The fourth-order valence-electron chi connectivity index (χ4n) is 1.47. The molecule has 0 fully saturated rings. The zero-order valence-corrected chi connectivity index (χ0v) is 8.95. The molecule has 16 heavy (non-hydrogen) atoms. The maximum absolute atomic E-state index is 13.5. The predicted octanol–water partition coefficient (Wildman–Crippen LogP) is 3.29. The van der Waals surface area contributed by atoms with E-state index in [4.69, 9.17) is 5.73 Å². The standard InChI is InChI=1S/C11H8F3NS/c12-8-4-10(14)9(13)3-7(8)6-1-2-16-11(6)5-15/h1-4H,5,15H2. The molecule has 0 spiro atoms. The summed E-state index contributed by atoms with van der Waals surface area (Å²) >= 11 is 1.36. The Morgan fingerprint density at radius 2 is 1.69 bits per heavy atom. The van der Waals surface area contributed by atoms with Crippen LogP contribution in [-0.4, -0.2) is 0 Å². The van der Waals surface area contributed by atoms with Crippen LogP contribution in [0.15, 0.2) is 23.6 Å². The second-order valence-corrected chi connectivity index (χ2v) is 4.21. The molecule has 0 saturated carbocycles. The molecule has 0 amide bonds. The van der Waals surface area contributed by atoms with Crippen LogP contribution in [-0.2, 0) is 6.54 Å². The molecule has 0 unspecified atom stereocenters. The van der Waals surface area contributed by atoms with Crippen molar-refractivity contribution in [2.24, 2.45) is 5.73 Å². The Morgan fingerprint density at radius 1 is 1.00 bits per heavy atom. The Labute approximate surface area is 94.3 Å². The van der Waals surface area contributed by atoms with E-state index < -0.39 is 17.5 Å². The van der Waals surface area contributed by atoms with Gasteiger partial charge in [0, 0.05) is 23.1 Å². The molecule has 0 aliphatic carbocycles. The quantitative estimate of drug-likeness (QED) is 0.805. The van der Waals surface area contributed by atoms with Crippen LogP contribution in [0.3, 0.4) is 0 Å². The lowest BCUT2D eigenvalue weighted by molar-refractivity contribution is 0.496. The highest BCUT2D eigenvalue weighted by Gasteiger charge is 2.14. The zero-order valence-electron chi connectivity index (χ0n) is 8.14. The third kappa shape index (κ3) is 1.83. The van der Waals surface area contributed by atoms with Crippen molar-refractivity contribution in [1.29, 1.82) is 0 Å². The smallest absolute Gasteiger partial charge is 0.161 e. The van der Waals surface area contributed by atoms with Crippen LogP contribution in [0.1, 0.15) is 4.88 Å². The fourth-order valence-corrected chi connectivity index (χ4v) is 2.24. The molecule has 1 heterocycles. The van der Waals surface area contributed by atoms with E-state index in [9.17, 15) is 13.2 Å². The zero-order chi connectivity index (χ0) is 11.7. The van der Waals surface area contributed by atoms with Gasteiger partial charge in [-0.25, -0.2) is 13.2 Å². The third-order valence-electron chi connectivity index (χ3n) is 2.23. The van der Waals surface area contributed by atoms with E-state index in [-0.39, 0.29) is 12.1 Å². The van der Waals surface area contributed by atoms with Crippen LogP contribution in [0.25, 0.3) is 11.1 Å². The van der Waals surface area contributed by atoms with Crippen LogP contribution in [0, 0.1) is 17.5 Å². The minimum absolute atomic E-state index is 0.0422. The summed E-state index contributed by atoms with van der Waals surface area (Å²) in [4.78, 5) is 0.741. The van der Waals surface area contributed by atoms with Crippen LogP contribution in [0.4, 0.5) is 13.2 Å². The number of hydrogen-bond acceptors (Lipinski definition) is 2. The molecule has 0 atom stereocenters. The molecule has 84 valence electrons. The number of nitrogens with two attached hydrogens (primary N) is 1. The van der Waals surface area contributed by atoms with Crippen LogP contribution >= 0.6 is 11.3 Å². The first-order valence-electron chi connectivity index (χ1n) is 4.55. The molecule has 1 nitrogen and oxygen atoms in total. The Hall–Kier alpha value is -1.33. The van der Waals surface area contributed by atoms with Gasteiger partial charge in [-0.3, -0.25) is 0 Å². The molecule has 1 aromatic heterocycles. The van der Waals surface area contributed by atoms with Crippen molar-refractivity contribution < 1.29 is 13.2 Å². The molecule has 0 bridgehead atoms. The molecule has 2 N–H and O–H groups in total. The largest absolute Gasteiger partial charge is 0.326 e. The molecule has 2 rings (SSSR count). The Morgan fingerprint density at radius 3 is 2.38 bits per heavy atom. The molecule has 2 aromatic rings. The minimum atomic E-state index is -1.19. The van der Waals surface area contributed by atoms with Gasteiger partial charge in [-0.05, 0) is 23.1 Å². The van der Waals surface area contributed by atoms with Crippen LogP contribution in [0.2, 0.25) is 0 Å². The Bertz CT molecular complexity index is 522. The SMILES string of the molecule is NCc1sccc1-c1cc(F)c(F)cc1F. The number of rotatable bonds is 2. The van der Waals surface area contributed by atoms with Gasteiger partial charge in [0.05, 0.1) is 0 Å². The van der Waals surface area contributed by atoms with Gasteiger partial charge in [0.15, 0.2) is 11.6 Å². The predicted molar refractivity (Wildman–Crippen MR) is 57.5 cm³/mol. The van der Waals surface area contributed by atoms with Crippen molar-refractivity contribution in [3.05, 3.63) is 45.9 Å². The van der Waals surface area contributed by atoms with Crippen molar-refractivity contribution in [3.63, 3.8) is 0 Å². The lowest BCUT2D eigenvalue weighted by Crippen LogP contribution is -1.97. The number of halogens is 3. The van der Waals surface area contributed by atoms with Crippen LogP contribution in [0.5, 0.6) is 0 Å². The van der Waals surface area contributed by atoms with Crippen molar-refractivity contribution in [2.45, 2.75) is 6.54 Å². The number of hydrogen-bond donors (Lipinski definition) is 1. The van der Waals surface area contributed by atoms with E-state index in [1.807, 2.05) is 0 Å². The van der Waals surface area contributed by atoms with Gasteiger partial charge < -0.3 is 5.73 Å². The highest BCUT2D eigenvalue weighted by molar-refractivity contribution is 7.10. The average molecular weight is 243 g/mol. The minimum Gasteiger partial charge on any atom is -0.326 e. The lowest BCUT2D eigenvalue weighted by atomic mass is 10.1. The molecule has 0 saturated heterocycles. The van der Waals surface area contributed by atoms with Gasteiger partial charge in [0.2, 0.25) is 0 Å². The van der Waals surface area contributed by atoms with E-state index in [0.29, 0.717) is 11.6 Å². The van der Waals surface area contributed by atoms with E-state index in [1.54, 1.807) is 11.4 Å². The molecular weight excluding hydrogens is 235 g/mol. The normalized spacial score (nSPS) is 10.8. The summed E-state index contributed by atoms with van der Waals surface area (Å²) in [5, 5.41) is 1.73. The highest BCUT2D eigenvalue weighted by atomic mass is 32.1. The van der Waals surface area contributed by atoms with Crippen molar-refractivity contribution in [3.8, 4) is 11.1 Å². The highest BCUT2D eigenvalue weighted by Crippen LogP contribution is 2.31. The second-order valence-electron chi connectivity index (χ2n) is 3.21. The summed E-state index contributed by atoms with van der Waals surface area (Å²) in [6, 6.07) is 3.04. The summed E-state index contributed by atoms with van der Waals surface area (Å²) in [7, 11) is 0. The first-order chi connectivity index (χ1) is 7.63. The molecule has 5 heteroatoms. The van der Waals surface area contributed by atoms with Crippen molar-refractivity contribution in [1.82, 2.24) is 0 Å². The fraction of sp³-hybridized carbons (Fsp3) is 0.0909. The first kappa shape index (κ1) is 11.2. The Kier molecular flexibility index (Phi) is 2.98. The number of thiophene rings is 1. The molecular formula is C11H8F3NS. The lowest BCUT2D eigenvalue weighted by Gasteiger charge is -2.04. The summed E-state index contributed by atoms with van der Waals surface area (Å²) < 4.78 is 39.2. The third-order valence-corrected chi connectivity index (χ3v) is 3.17. The first-order valence-corrected chi connectivity index (χ1v) is 5.42. The summed E-state index contributed by atoms with van der Waals surface area (Å²) in [6.07, 6.45) is 0. The summed E-state index contributed by atoms with van der Waals surface area (Å²) in [6.45, 7) is 0.242. The van der Waals surface area contributed by atoms with Gasteiger partial charge in [-0.15, -0.1) is 11.3 Å². The van der Waals surface area contributed by atoms with Crippen molar-refractivity contribution in [2.75, 3.05) is 0 Å². The van der Waals surface area contributed by atoms with Crippen molar-refractivity contribution >= 4 is 11.3 Å². The van der Waals surface area contributed by atoms with Gasteiger partial charge in [-0.2, -0.15) is 0 Å². The van der Waals surface area contributed by atoms with Gasteiger partial charge in [0.1, 0.15) is 5.82 Å². The topological polar surface area (TPSA) is 26.0 Å². The van der Waals surface area contributed by atoms with Gasteiger partial charge in [-0.1, -0.05) is 0 Å². The van der Waals surface area contributed by atoms with Gasteiger partial charge >= 0.3 is 0 Å². The summed E-state index contributed by atoms with van der Waals surface area (Å²) in [5.41, 5.74) is 6.03.